The van der Waals surface area contributed by atoms with E-state index in [-0.39, 0.29) is 55.5 Å². The van der Waals surface area contributed by atoms with E-state index in [1.165, 1.54) is 48.2 Å². The molecule has 0 aromatic heterocycles. The molecule has 0 radical (unpaired) electrons. The number of phenols is 1. The number of hydrogen-bond acceptors (Lipinski definition) is 10. The lowest BCUT2D eigenvalue weighted by Gasteiger charge is -2.42. The number of nitrogens with one attached hydrogen (secondary N) is 4. The number of carbonyl (C=O) groups excluding carboxylic acids is 6. The molecule has 1 saturated carbocycles. The number of likely N-dealkylation sites (tertiary alicyclic amines) is 1. The summed E-state index contributed by atoms with van der Waals surface area (Å²) in [6.45, 7) is 1.79. The zero-order valence-electron chi connectivity index (χ0n) is 33.3. The van der Waals surface area contributed by atoms with Crippen molar-refractivity contribution in [2.45, 2.75) is 114 Å². The number of unbranched alkanes of at least 4 members (excludes halogenated alkanes) is 1. The van der Waals surface area contributed by atoms with Gasteiger partial charge in [0.2, 0.25) is 35.4 Å². The Kier molecular flexibility index (Phi) is 17.0. The highest BCUT2D eigenvalue weighted by Crippen LogP contribution is 2.29. The maximum Gasteiger partial charge on any atom is 0.269 e. The second-order valence-corrected chi connectivity index (χ2v) is 15.2. The number of hydrogen-bond donors (Lipinski definition) is 8. The van der Waals surface area contributed by atoms with Crippen molar-refractivity contribution >= 4 is 47.1 Å². The van der Waals surface area contributed by atoms with E-state index in [4.69, 9.17) is 17.2 Å². The third-order valence-corrected chi connectivity index (χ3v) is 10.7. The first kappa shape index (κ1) is 45.4. The molecule has 11 N–H and O–H groups in total. The average molecular weight is 821 g/mol. The van der Waals surface area contributed by atoms with Crippen LogP contribution in [0.5, 0.6) is 5.75 Å². The molecule has 0 bridgehead atoms. The summed E-state index contributed by atoms with van der Waals surface area (Å²) in [5.74, 6) is -3.61. The van der Waals surface area contributed by atoms with E-state index in [2.05, 4.69) is 26.3 Å². The normalized spacial score (nSPS) is 17.2. The van der Waals surface area contributed by atoms with E-state index in [1.54, 1.807) is 12.1 Å². The number of guanidine groups is 1. The standard InChI is InChI=1S/C40H56N10O9/c1-24(51)45-31(21-26-10-14-28(15-11-26)50(58)59)36(54)48-33(23-25-7-3-2-4-8-25)39(57)49-20-18-34(49)38(56)47-32(22-27-12-16-29(52)17-13-27)37(55)46-30(35(41)53)9-5-6-19-44-40(42)43/h10-17,25,30-34,52H,2-9,18-23H2,1H3,(H2,41,53)(H,45,51)(H,46,55)(H,47,56)(H,48,54)(H4,42,43,44)/t30-,31-,32+,33+,34-/m0/s1. The fraction of sp³-hybridized carbons (Fsp3) is 0.525. The fourth-order valence-corrected chi connectivity index (χ4v) is 7.39. The number of nitro groups is 1. The fourth-order valence-electron chi connectivity index (χ4n) is 7.39. The highest BCUT2D eigenvalue weighted by molar-refractivity contribution is 5.97. The first-order valence-corrected chi connectivity index (χ1v) is 20.0. The Labute approximate surface area is 342 Å². The molecule has 2 fully saturated rings. The number of nitrogens with two attached hydrogens (primary N) is 3. The predicted octanol–water partition coefficient (Wildman–Crippen LogP) is 0.545. The Morgan fingerprint density at radius 2 is 1.37 bits per heavy atom. The highest BCUT2D eigenvalue weighted by atomic mass is 16.6. The van der Waals surface area contributed by atoms with E-state index < -0.39 is 70.6 Å². The van der Waals surface area contributed by atoms with Gasteiger partial charge < -0.3 is 48.5 Å². The predicted molar refractivity (Wildman–Crippen MR) is 217 cm³/mol. The van der Waals surface area contributed by atoms with Crippen LogP contribution in [0.1, 0.15) is 82.3 Å². The van der Waals surface area contributed by atoms with Crippen LogP contribution in [0.4, 0.5) is 5.69 Å². The average Bonchev–Trinajstić information content (AvgIpc) is 3.17. The van der Waals surface area contributed by atoms with Gasteiger partial charge in [-0.15, -0.1) is 0 Å². The summed E-state index contributed by atoms with van der Waals surface area (Å²) in [7, 11) is 0. The molecule has 2 aliphatic rings. The summed E-state index contributed by atoms with van der Waals surface area (Å²) in [6, 6.07) is 6.26. The molecule has 4 rings (SSSR count). The third kappa shape index (κ3) is 14.3. The van der Waals surface area contributed by atoms with E-state index in [0.717, 1.165) is 32.1 Å². The van der Waals surface area contributed by atoms with Crippen LogP contribution in [0.15, 0.2) is 53.5 Å². The third-order valence-electron chi connectivity index (χ3n) is 10.7. The Balaban J connectivity index is 1.50. The smallest absolute Gasteiger partial charge is 0.269 e. The molecule has 1 heterocycles. The first-order valence-electron chi connectivity index (χ1n) is 20.0. The summed E-state index contributed by atoms with van der Waals surface area (Å²) in [4.78, 5) is 96.2. The van der Waals surface area contributed by atoms with Gasteiger partial charge in [-0.3, -0.25) is 43.9 Å². The van der Waals surface area contributed by atoms with Crippen molar-refractivity contribution in [1.29, 1.82) is 0 Å². The Morgan fingerprint density at radius 1 is 0.797 bits per heavy atom. The molecule has 1 aliphatic carbocycles. The van der Waals surface area contributed by atoms with Gasteiger partial charge in [0.25, 0.3) is 5.69 Å². The quantitative estimate of drug-likeness (QED) is 0.0283. The van der Waals surface area contributed by atoms with Crippen LogP contribution in [0.25, 0.3) is 0 Å². The number of primary amides is 1. The number of rotatable bonds is 21. The summed E-state index contributed by atoms with van der Waals surface area (Å²) in [6.07, 6.45) is 6.48. The van der Waals surface area contributed by atoms with Crippen LogP contribution >= 0.6 is 0 Å². The molecule has 2 aromatic carbocycles. The SMILES string of the molecule is CC(=O)N[C@@H](Cc1ccc([N+](=O)[O-])cc1)C(=O)N[C@H](CC1CCCCC1)C(=O)N1CC[C@H]1C(=O)N[C@H](Cc1ccc(O)cc1)C(=O)N[C@@H](CCCCN=C(N)N)C(N)=O. The number of carbonyl (C=O) groups is 6. The number of amides is 6. The van der Waals surface area contributed by atoms with Gasteiger partial charge in [-0.1, -0.05) is 56.4 Å². The van der Waals surface area contributed by atoms with Gasteiger partial charge in [-0.25, -0.2) is 0 Å². The van der Waals surface area contributed by atoms with Crippen LogP contribution in [0.2, 0.25) is 0 Å². The molecular weight excluding hydrogens is 765 g/mol. The van der Waals surface area contributed by atoms with Gasteiger partial charge in [0.1, 0.15) is 36.0 Å². The molecule has 59 heavy (non-hydrogen) atoms. The van der Waals surface area contributed by atoms with Crippen LogP contribution in [0.3, 0.4) is 0 Å². The Hall–Kier alpha value is -6.27. The van der Waals surface area contributed by atoms with E-state index in [9.17, 15) is 44.0 Å². The maximum absolute atomic E-state index is 14.3. The lowest BCUT2D eigenvalue weighted by atomic mass is 9.84. The lowest BCUT2D eigenvalue weighted by molar-refractivity contribution is -0.384. The van der Waals surface area contributed by atoms with E-state index in [0.29, 0.717) is 36.9 Å². The number of non-ortho nitro benzene ring substituents is 1. The van der Waals surface area contributed by atoms with Gasteiger partial charge in [0.05, 0.1) is 4.92 Å². The van der Waals surface area contributed by atoms with Crippen LogP contribution in [-0.4, -0.2) is 99.6 Å². The highest BCUT2D eigenvalue weighted by Gasteiger charge is 2.43. The largest absolute Gasteiger partial charge is 0.508 e. The summed E-state index contributed by atoms with van der Waals surface area (Å²) >= 11 is 0. The van der Waals surface area contributed by atoms with E-state index in [1.807, 2.05) is 0 Å². The summed E-state index contributed by atoms with van der Waals surface area (Å²) in [5, 5.41) is 31.8. The Bertz CT molecular complexity index is 1830. The zero-order chi connectivity index (χ0) is 43.1. The molecule has 320 valence electrons. The second-order valence-electron chi connectivity index (χ2n) is 15.2. The zero-order valence-corrected chi connectivity index (χ0v) is 33.3. The van der Waals surface area contributed by atoms with Crippen molar-refractivity contribution in [3.05, 3.63) is 69.8 Å². The topological polar surface area (TPSA) is 308 Å². The molecule has 1 saturated heterocycles. The van der Waals surface area contributed by atoms with Crippen molar-refractivity contribution in [3.8, 4) is 5.75 Å². The molecule has 6 amide bonds. The number of aromatic hydroxyl groups is 1. The number of phenolic OH excluding ortho intramolecular Hbond substituents is 1. The van der Waals surface area contributed by atoms with Crippen molar-refractivity contribution in [1.82, 2.24) is 26.2 Å². The van der Waals surface area contributed by atoms with Gasteiger partial charge in [0.15, 0.2) is 5.96 Å². The molecule has 19 nitrogen and oxygen atoms in total. The number of aliphatic imine (C=N–C) groups is 1. The maximum atomic E-state index is 14.3. The second kappa shape index (κ2) is 22.0. The number of nitro benzene ring substituents is 1. The van der Waals surface area contributed by atoms with Crippen LogP contribution < -0.4 is 38.5 Å². The molecule has 0 unspecified atom stereocenters. The molecule has 0 spiro atoms. The van der Waals surface area contributed by atoms with Gasteiger partial charge >= 0.3 is 0 Å². The first-order chi connectivity index (χ1) is 28.1. The van der Waals surface area contributed by atoms with Gasteiger partial charge in [0, 0.05) is 45.0 Å². The van der Waals surface area contributed by atoms with Crippen LogP contribution in [-0.2, 0) is 41.6 Å². The minimum absolute atomic E-state index is 0.00143. The monoisotopic (exact) mass is 820 g/mol. The van der Waals surface area contributed by atoms with Gasteiger partial charge in [-0.2, -0.15) is 0 Å². The molecule has 1 aliphatic heterocycles. The van der Waals surface area contributed by atoms with Crippen molar-refractivity contribution < 1.29 is 38.8 Å². The van der Waals surface area contributed by atoms with Gasteiger partial charge in [-0.05, 0) is 61.3 Å². The van der Waals surface area contributed by atoms with Crippen molar-refractivity contribution in [2.24, 2.45) is 28.1 Å². The minimum Gasteiger partial charge on any atom is -0.508 e. The molecule has 19 heteroatoms. The summed E-state index contributed by atoms with van der Waals surface area (Å²) < 4.78 is 0. The van der Waals surface area contributed by atoms with Crippen molar-refractivity contribution in [3.63, 3.8) is 0 Å². The molecular formula is C40H56N10O9. The number of nitrogens with zero attached hydrogens (tertiary/aromatic N) is 3. The van der Waals surface area contributed by atoms with Crippen molar-refractivity contribution in [2.75, 3.05) is 13.1 Å². The molecule has 2 aromatic rings. The van der Waals surface area contributed by atoms with Crippen LogP contribution in [0, 0.1) is 16.0 Å². The summed E-state index contributed by atoms with van der Waals surface area (Å²) in [5.41, 5.74) is 17.4. The Morgan fingerprint density at radius 3 is 1.90 bits per heavy atom. The lowest BCUT2D eigenvalue weighted by Crippen LogP contribution is -2.65. The number of benzene rings is 2. The minimum atomic E-state index is -1.20. The van der Waals surface area contributed by atoms with E-state index >= 15 is 0 Å². The molecule has 5 atom stereocenters.